The standard InChI is InChI=1S/C21H21ClF3NO2/c1-28-17-10-5-11-20(19(17)26,21(23,24)25)18(16(27)12-22)15-9-4-7-13-6-2-3-8-14(13)15/h2-11,16,18-19,27H,12,26H2,1H3. The number of rotatable bonds is 5. The first-order chi connectivity index (χ1) is 13.3. The summed E-state index contributed by atoms with van der Waals surface area (Å²) in [4.78, 5) is 0. The minimum atomic E-state index is -4.77. The molecule has 0 bridgehead atoms. The molecule has 0 aromatic heterocycles. The van der Waals surface area contributed by atoms with E-state index < -0.39 is 29.7 Å². The van der Waals surface area contributed by atoms with Crippen molar-refractivity contribution in [2.75, 3.05) is 13.0 Å². The van der Waals surface area contributed by atoms with Crippen molar-refractivity contribution in [2.45, 2.75) is 24.2 Å². The van der Waals surface area contributed by atoms with Crippen LogP contribution < -0.4 is 5.73 Å². The quantitative estimate of drug-likeness (QED) is 0.712. The molecule has 4 unspecified atom stereocenters. The number of hydrogen-bond donors (Lipinski definition) is 2. The van der Waals surface area contributed by atoms with Gasteiger partial charge in [-0.05, 0) is 22.4 Å². The number of aliphatic hydroxyl groups excluding tert-OH is 1. The van der Waals surface area contributed by atoms with E-state index in [9.17, 15) is 18.3 Å². The maximum Gasteiger partial charge on any atom is 0.400 e. The Balaban J connectivity index is 2.33. The SMILES string of the molecule is COC1=CC=CC(C(c2cccc3ccccc23)C(O)CCl)(C(F)(F)F)C1N. The van der Waals surface area contributed by atoms with E-state index in [1.165, 1.54) is 19.3 Å². The maximum atomic E-state index is 14.6. The lowest BCUT2D eigenvalue weighted by Crippen LogP contribution is -2.58. The van der Waals surface area contributed by atoms with Gasteiger partial charge in [-0.1, -0.05) is 54.6 Å². The van der Waals surface area contributed by atoms with Crippen molar-refractivity contribution in [2.24, 2.45) is 11.1 Å². The number of fused-ring (bicyclic) bond motifs is 1. The summed E-state index contributed by atoms with van der Waals surface area (Å²) in [6.07, 6.45) is -2.56. The molecule has 0 radical (unpaired) electrons. The molecule has 0 aliphatic heterocycles. The molecule has 1 aliphatic carbocycles. The lowest BCUT2D eigenvalue weighted by molar-refractivity contribution is -0.227. The van der Waals surface area contributed by atoms with Crippen molar-refractivity contribution in [3.63, 3.8) is 0 Å². The molecule has 0 amide bonds. The molecule has 3 rings (SSSR count). The fourth-order valence-electron chi connectivity index (χ4n) is 4.08. The summed E-state index contributed by atoms with van der Waals surface area (Å²) in [5.74, 6) is -1.81. The molecule has 2 aromatic carbocycles. The van der Waals surface area contributed by atoms with E-state index in [1.807, 2.05) is 0 Å². The van der Waals surface area contributed by atoms with E-state index in [1.54, 1.807) is 42.5 Å². The molecule has 0 spiro atoms. The molecule has 7 heteroatoms. The summed E-state index contributed by atoms with van der Waals surface area (Å²) in [7, 11) is 1.27. The van der Waals surface area contributed by atoms with Crippen LogP contribution in [0.25, 0.3) is 10.8 Å². The topological polar surface area (TPSA) is 55.5 Å². The third-order valence-corrected chi connectivity index (χ3v) is 5.71. The Bertz CT molecular complexity index is 907. The van der Waals surface area contributed by atoms with Crippen LogP contribution in [0.1, 0.15) is 11.5 Å². The Morgan fingerprint density at radius 1 is 1.21 bits per heavy atom. The first-order valence-electron chi connectivity index (χ1n) is 8.75. The Hall–Kier alpha value is -2.02. The van der Waals surface area contributed by atoms with E-state index in [4.69, 9.17) is 22.1 Å². The van der Waals surface area contributed by atoms with Crippen LogP contribution >= 0.6 is 11.6 Å². The van der Waals surface area contributed by atoms with Crippen LogP contribution in [-0.4, -0.2) is 36.4 Å². The fourth-order valence-corrected chi connectivity index (χ4v) is 4.26. The molecule has 4 atom stereocenters. The Labute approximate surface area is 166 Å². The average Bonchev–Trinajstić information content (AvgIpc) is 2.68. The predicted molar refractivity (Wildman–Crippen MR) is 104 cm³/mol. The molecule has 0 saturated heterocycles. The number of halogens is 4. The van der Waals surface area contributed by atoms with Gasteiger partial charge >= 0.3 is 6.18 Å². The zero-order valence-corrected chi connectivity index (χ0v) is 15.9. The van der Waals surface area contributed by atoms with Gasteiger partial charge < -0.3 is 15.6 Å². The summed E-state index contributed by atoms with van der Waals surface area (Å²) in [5.41, 5.74) is 3.85. The Morgan fingerprint density at radius 3 is 2.54 bits per heavy atom. The minimum absolute atomic E-state index is 0.00756. The number of benzene rings is 2. The Morgan fingerprint density at radius 2 is 1.89 bits per heavy atom. The normalized spacial score (nSPS) is 24.7. The summed E-state index contributed by atoms with van der Waals surface area (Å²) >= 11 is 5.87. The molecule has 150 valence electrons. The second kappa shape index (κ2) is 7.78. The Kier molecular flexibility index (Phi) is 5.75. The summed E-state index contributed by atoms with van der Waals surface area (Å²) in [6, 6.07) is 10.6. The first-order valence-corrected chi connectivity index (χ1v) is 9.28. The van der Waals surface area contributed by atoms with Gasteiger partial charge in [0.15, 0.2) is 0 Å². The lowest BCUT2D eigenvalue weighted by Gasteiger charge is -2.47. The molecule has 3 N–H and O–H groups in total. The lowest BCUT2D eigenvalue weighted by atomic mass is 9.62. The summed E-state index contributed by atoms with van der Waals surface area (Å²) in [6.45, 7) is 0. The van der Waals surface area contributed by atoms with Gasteiger partial charge in [-0.3, -0.25) is 0 Å². The van der Waals surface area contributed by atoms with Gasteiger partial charge in [-0.25, -0.2) is 0 Å². The number of methoxy groups -OCH3 is 1. The van der Waals surface area contributed by atoms with Crippen LogP contribution in [0.4, 0.5) is 13.2 Å². The van der Waals surface area contributed by atoms with Gasteiger partial charge in [0, 0.05) is 11.8 Å². The van der Waals surface area contributed by atoms with Crippen LogP contribution in [0.2, 0.25) is 0 Å². The molecule has 1 aliphatic rings. The highest BCUT2D eigenvalue weighted by Gasteiger charge is 2.64. The van der Waals surface area contributed by atoms with Gasteiger partial charge in [-0.2, -0.15) is 13.2 Å². The molecule has 0 heterocycles. The predicted octanol–water partition coefficient (Wildman–Crippen LogP) is 4.50. The first kappa shape index (κ1) is 20.7. The highest BCUT2D eigenvalue weighted by atomic mass is 35.5. The number of allylic oxidation sites excluding steroid dienone is 2. The summed E-state index contributed by atoms with van der Waals surface area (Å²) in [5, 5.41) is 12.1. The zero-order valence-electron chi connectivity index (χ0n) is 15.2. The van der Waals surface area contributed by atoms with Crippen LogP contribution in [0, 0.1) is 5.41 Å². The third-order valence-electron chi connectivity index (χ3n) is 5.40. The van der Waals surface area contributed by atoms with Gasteiger partial charge in [0.05, 0.1) is 19.3 Å². The van der Waals surface area contributed by atoms with Crippen molar-refractivity contribution >= 4 is 22.4 Å². The van der Waals surface area contributed by atoms with E-state index >= 15 is 0 Å². The minimum Gasteiger partial charge on any atom is -0.499 e. The molecular weight excluding hydrogens is 391 g/mol. The van der Waals surface area contributed by atoms with E-state index in [0.29, 0.717) is 10.9 Å². The highest BCUT2D eigenvalue weighted by molar-refractivity contribution is 6.18. The number of aliphatic hydroxyl groups is 1. The number of hydrogen-bond acceptors (Lipinski definition) is 3. The van der Waals surface area contributed by atoms with Crippen molar-refractivity contribution < 1.29 is 23.0 Å². The van der Waals surface area contributed by atoms with Crippen molar-refractivity contribution in [1.29, 1.82) is 0 Å². The molecular formula is C21H21ClF3NO2. The molecule has 0 saturated carbocycles. The van der Waals surface area contributed by atoms with Gasteiger partial charge in [0.25, 0.3) is 0 Å². The van der Waals surface area contributed by atoms with Gasteiger partial charge in [-0.15, -0.1) is 11.6 Å². The smallest absolute Gasteiger partial charge is 0.400 e. The monoisotopic (exact) mass is 411 g/mol. The largest absolute Gasteiger partial charge is 0.499 e. The van der Waals surface area contributed by atoms with Crippen LogP contribution in [0.15, 0.2) is 66.5 Å². The van der Waals surface area contributed by atoms with Crippen molar-refractivity contribution in [3.8, 4) is 0 Å². The molecule has 3 nitrogen and oxygen atoms in total. The van der Waals surface area contributed by atoms with Crippen LogP contribution in [0.5, 0.6) is 0 Å². The molecule has 2 aromatic rings. The van der Waals surface area contributed by atoms with E-state index in [2.05, 4.69) is 0 Å². The number of nitrogens with two attached hydrogens (primary N) is 1. The number of alkyl halides is 4. The number of ether oxygens (including phenoxy) is 1. The average molecular weight is 412 g/mol. The van der Waals surface area contributed by atoms with E-state index in [0.717, 1.165) is 11.5 Å². The maximum absolute atomic E-state index is 14.6. The molecule has 28 heavy (non-hydrogen) atoms. The van der Waals surface area contributed by atoms with Gasteiger partial charge in [0.2, 0.25) is 0 Å². The molecule has 0 fully saturated rings. The fraction of sp³-hybridized carbons (Fsp3) is 0.333. The summed E-state index contributed by atoms with van der Waals surface area (Å²) < 4.78 is 49.0. The highest BCUT2D eigenvalue weighted by Crippen LogP contribution is 2.56. The second-order valence-corrected chi connectivity index (χ2v) is 7.12. The zero-order chi connectivity index (χ0) is 20.5. The second-order valence-electron chi connectivity index (χ2n) is 6.81. The van der Waals surface area contributed by atoms with E-state index in [-0.39, 0.29) is 11.6 Å². The van der Waals surface area contributed by atoms with Crippen LogP contribution in [-0.2, 0) is 4.74 Å². The van der Waals surface area contributed by atoms with Gasteiger partial charge in [0.1, 0.15) is 11.2 Å². The van der Waals surface area contributed by atoms with Crippen molar-refractivity contribution in [1.82, 2.24) is 0 Å². The van der Waals surface area contributed by atoms with Crippen molar-refractivity contribution in [3.05, 3.63) is 72.0 Å². The third kappa shape index (κ3) is 3.19. The van der Waals surface area contributed by atoms with Crippen LogP contribution in [0.3, 0.4) is 0 Å².